The monoisotopic (exact) mass is 537 g/mol. The van der Waals surface area contributed by atoms with Crippen LogP contribution >= 0.6 is 28.1 Å². The summed E-state index contributed by atoms with van der Waals surface area (Å²) in [5.41, 5.74) is 4.80. The standard InChI is InChI=1S/C26H21BrFN3O2S/c1-33-18-8-5-14(6-9-18)24-23-20(19-11-15(27)7-10-21(19)29-23)13-22-25(32)30(26(34)31(22)24)17-4-2-3-16(28)12-17/h2-12,22,24-25,29,32H,13H2,1H3. The molecule has 0 radical (unpaired) electrons. The molecular formula is C26H21BrFN3O2S. The average Bonchev–Trinajstić information content (AvgIpc) is 3.32. The molecule has 0 bridgehead atoms. The minimum Gasteiger partial charge on any atom is -0.497 e. The van der Waals surface area contributed by atoms with Crippen molar-refractivity contribution < 1.29 is 14.2 Å². The van der Waals surface area contributed by atoms with Crippen molar-refractivity contribution >= 4 is 49.9 Å². The summed E-state index contributed by atoms with van der Waals surface area (Å²) in [7, 11) is 1.64. The van der Waals surface area contributed by atoms with E-state index in [0.29, 0.717) is 17.2 Å². The summed E-state index contributed by atoms with van der Waals surface area (Å²) in [4.78, 5) is 7.36. The van der Waals surface area contributed by atoms with Crippen molar-refractivity contribution in [2.45, 2.75) is 24.7 Å². The second-order valence-electron chi connectivity index (χ2n) is 8.61. The number of hydrogen-bond donors (Lipinski definition) is 2. The number of thiocarbonyl (C=S) groups is 1. The molecule has 172 valence electrons. The van der Waals surface area contributed by atoms with Gasteiger partial charge in [-0.3, -0.25) is 4.90 Å². The molecule has 0 spiro atoms. The summed E-state index contributed by atoms with van der Waals surface area (Å²) < 4.78 is 20.4. The van der Waals surface area contributed by atoms with Gasteiger partial charge >= 0.3 is 0 Å². The maximum atomic E-state index is 14.0. The second kappa shape index (κ2) is 8.08. The topological polar surface area (TPSA) is 51.7 Å². The van der Waals surface area contributed by atoms with Gasteiger partial charge in [0.15, 0.2) is 11.3 Å². The van der Waals surface area contributed by atoms with Crippen LogP contribution in [0.3, 0.4) is 0 Å². The summed E-state index contributed by atoms with van der Waals surface area (Å²) in [6, 6.07) is 19.7. The van der Waals surface area contributed by atoms with Crippen LogP contribution in [0.15, 0.2) is 71.2 Å². The van der Waals surface area contributed by atoms with Gasteiger partial charge in [0.05, 0.1) is 19.2 Å². The van der Waals surface area contributed by atoms with E-state index in [1.54, 1.807) is 24.1 Å². The molecule has 1 saturated heterocycles. The molecule has 4 aromatic rings. The third-order valence-electron chi connectivity index (χ3n) is 6.78. The molecule has 6 rings (SSSR count). The number of anilines is 1. The van der Waals surface area contributed by atoms with E-state index in [2.05, 4.69) is 37.9 Å². The predicted octanol–water partition coefficient (Wildman–Crippen LogP) is 5.52. The third-order valence-corrected chi connectivity index (χ3v) is 7.68. The first kappa shape index (κ1) is 21.6. The van der Waals surface area contributed by atoms with Crippen LogP contribution in [0.4, 0.5) is 10.1 Å². The molecule has 5 nitrogen and oxygen atoms in total. The Morgan fingerprint density at radius 2 is 1.91 bits per heavy atom. The zero-order valence-corrected chi connectivity index (χ0v) is 20.6. The Balaban J connectivity index is 1.54. The number of nitrogens with zero attached hydrogens (tertiary/aromatic N) is 2. The zero-order valence-electron chi connectivity index (χ0n) is 18.2. The Bertz CT molecular complexity index is 1420. The van der Waals surface area contributed by atoms with Crippen molar-refractivity contribution in [3.63, 3.8) is 0 Å². The van der Waals surface area contributed by atoms with Gasteiger partial charge in [-0.25, -0.2) is 4.39 Å². The highest BCUT2D eigenvalue weighted by atomic mass is 79.9. The number of aliphatic hydroxyl groups excluding tert-OH is 1. The Kier molecular flexibility index (Phi) is 5.13. The van der Waals surface area contributed by atoms with Crippen LogP contribution < -0.4 is 9.64 Å². The number of H-pyrrole nitrogens is 1. The number of hydrogen-bond acceptors (Lipinski definition) is 3. The Labute approximate surface area is 209 Å². The molecule has 2 N–H and O–H groups in total. The van der Waals surface area contributed by atoms with Crippen molar-refractivity contribution in [3.05, 3.63) is 93.8 Å². The van der Waals surface area contributed by atoms with E-state index in [0.717, 1.165) is 37.9 Å². The molecule has 2 aliphatic heterocycles. The molecule has 3 atom stereocenters. The number of fused-ring (bicyclic) bond motifs is 4. The molecule has 3 aromatic carbocycles. The number of aliphatic hydroxyl groups is 1. The van der Waals surface area contributed by atoms with Gasteiger partial charge in [-0.05, 0) is 78.3 Å². The first-order chi connectivity index (χ1) is 16.5. The van der Waals surface area contributed by atoms with Gasteiger partial charge in [0.25, 0.3) is 0 Å². The number of methoxy groups -OCH3 is 1. The zero-order chi connectivity index (χ0) is 23.6. The van der Waals surface area contributed by atoms with Gasteiger partial charge in [0.2, 0.25) is 0 Å². The third kappa shape index (κ3) is 3.24. The van der Waals surface area contributed by atoms with Gasteiger partial charge in [0.1, 0.15) is 11.6 Å². The van der Waals surface area contributed by atoms with Gasteiger partial charge in [-0.1, -0.05) is 34.1 Å². The van der Waals surface area contributed by atoms with Gasteiger partial charge < -0.3 is 19.7 Å². The lowest BCUT2D eigenvalue weighted by Gasteiger charge is -2.38. The molecule has 8 heteroatoms. The van der Waals surface area contributed by atoms with Crippen LogP contribution in [0.2, 0.25) is 0 Å². The SMILES string of the molecule is COc1ccc(C2c3[nH]c4ccc(Br)cc4c3CC3C(O)N(c4cccc(F)c4)C(=S)N23)cc1. The summed E-state index contributed by atoms with van der Waals surface area (Å²) in [6.45, 7) is 0. The molecule has 3 heterocycles. The van der Waals surface area contributed by atoms with Crippen LogP contribution in [-0.2, 0) is 6.42 Å². The minimum absolute atomic E-state index is 0.244. The summed E-state index contributed by atoms with van der Waals surface area (Å²) in [5, 5.41) is 13.1. The highest BCUT2D eigenvalue weighted by Crippen LogP contribution is 2.46. The number of benzene rings is 3. The maximum absolute atomic E-state index is 14.0. The van der Waals surface area contributed by atoms with E-state index >= 15 is 0 Å². The quantitative estimate of drug-likeness (QED) is 0.337. The molecule has 0 amide bonds. The average molecular weight is 538 g/mol. The smallest absolute Gasteiger partial charge is 0.179 e. The highest BCUT2D eigenvalue weighted by molar-refractivity contribution is 9.10. The normalized spacial score (nSPS) is 21.6. The molecule has 3 unspecified atom stereocenters. The second-order valence-corrected chi connectivity index (χ2v) is 9.89. The van der Waals surface area contributed by atoms with Gasteiger partial charge in [-0.15, -0.1) is 0 Å². The Hall–Kier alpha value is -2.94. The van der Waals surface area contributed by atoms with E-state index < -0.39 is 6.23 Å². The molecular weight excluding hydrogens is 517 g/mol. The van der Waals surface area contributed by atoms with Crippen molar-refractivity contribution in [1.29, 1.82) is 0 Å². The van der Waals surface area contributed by atoms with Crippen LogP contribution in [0.5, 0.6) is 5.75 Å². The van der Waals surface area contributed by atoms with Crippen LogP contribution in [0.25, 0.3) is 10.9 Å². The van der Waals surface area contributed by atoms with Crippen LogP contribution in [-0.4, -0.2) is 39.5 Å². The number of nitrogens with one attached hydrogen (secondary N) is 1. The van der Waals surface area contributed by atoms with Crippen LogP contribution in [0.1, 0.15) is 22.9 Å². The Morgan fingerprint density at radius 1 is 1.12 bits per heavy atom. The van der Waals surface area contributed by atoms with Crippen molar-refractivity contribution in [1.82, 2.24) is 9.88 Å². The highest BCUT2D eigenvalue weighted by Gasteiger charge is 2.50. The molecule has 1 fully saturated rings. The fourth-order valence-corrected chi connectivity index (χ4v) is 6.06. The van der Waals surface area contributed by atoms with E-state index in [4.69, 9.17) is 17.0 Å². The summed E-state index contributed by atoms with van der Waals surface area (Å²) in [6.07, 6.45) is -0.314. The fraction of sp³-hybridized carbons (Fsp3) is 0.192. The minimum atomic E-state index is -0.916. The van der Waals surface area contributed by atoms with Crippen molar-refractivity contribution in [2.75, 3.05) is 12.0 Å². The maximum Gasteiger partial charge on any atom is 0.179 e. The molecule has 1 aromatic heterocycles. The summed E-state index contributed by atoms with van der Waals surface area (Å²) >= 11 is 9.51. The number of rotatable bonds is 3. The van der Waals surface area contributed by atoms with Crippen molar-refractivity contribution in [2.24, 2.45) is 0 Å². The van der Waals surface area contributed by atoms with Crippen LogP contribution in [0, 0.1) is 5.82 Å². The first-order valence-electron chi connectivity index (χ1n) is 11.0. The number of ether oxygens (including phenoxy) is 1. The lowest BCUT2D eigenvalue weighted by atomic mass is 9.88. The van der Waals surface area contributed by atoms with E-state index in [-0.39, 0.29) is 17.9 Å². The predicted molar refractivity (Wildman–Crippen MR) is 138 cm³/mol. The van der Waals surface area contributed by atoms with E-state index in [9.17, 15) is 9.50 Å². The first-order valence-corrected chi connectivity index (χ1v) is 12.2. The van der Waals surface area contributed by atoms with E-state index in [1.165, 1.54) is 12.1 Å². The number of aromatic nitrogens is 1. The van der Waals surface area contributed by atoms with Gasteiger partial charge in [-0.2, -0.15) is 0 Å². The summed E-state index contributed by atoms with van der Waals surface area (Å²) in [5.74, 6) is 0.396. The molecule has 34 heavy (non-hydrogen) atoms. The lowest BCUT2D eigenvalue weighted by molar-refractivity contribution is 0.104. The molecule has 0 aliphatic carbocycles. The van der Waals surface area contributed by atoms with E-state index in [1.807, 2.05) is 30.3 Å². The van der Waals surface area contributed by atoms with Gasteiger partial charge in [0, 0.05) is 26.8 Å². The number of halogens is 2. The number of aromatic amines is 1. The lowest BCUT2D eigenvalue weighted by Crippen LogP contribution is -2.45. The largest absolute Gasteiger partial charge is 0.497 e. The van der Waals surface area contributed by atoms with Crippen molar-refractivity contribution in [3.8, 4) is 5.75 Å². The Morgan fingerprint density at radius 3 is 2.65 bits per heavy atom. The fourth-order valence-electron chi connectivity index (χ4n) is 5.25. The molecule has 0 saturated carbocycles. The molecule has 2 aliphatic rings.